The molecule has 76 valence electrons. The van der Waals surface area contributed by atoms with Gasteiger partial charge in [-0.2, -0.15) is 0 Å². The Morgan fingerprint density at radius 1 is 1.36 bits per heavy atom. The minimum absolute atomic E-state index is 0.0327. The Bertz CT molecular complexity index is 377. The predicted octanol–water partition coefficient (Wildman–Crippen LogP) is 4.13. The number of benzene rings is 1. The summed E-state index contributed by atoms with van der Waals surface area (Å²) >= 11 is 11.1. The molecule has 0 saturated carbocycles. The molecular formula is C9H6Cl2F2O. The lowest BCUT2D eigenvalue weighted by Gasteiger charge is -2.06. The summed E-state index contributed by atoms with van der Waals surface area (Å²) in [7, 11) is 0. The molecule has 0 spiro atoms. The number of alkyl halides is 2. The fraction of sp³-hybridized carbons (Fsp3) is 0.222. The largest absolute Gasteiger partial charge is 0.295 e. The van der Waals surface area contributed by atoms with Crippen LogP contribution in [0.2, 0.25) is 10.0 Å². The van der Waals surface area contributed by atoms with Gasteiger partial charge in [0.25, 0.3) is 6.43 Å². The Balaban J connectivity index is 3.35. The summed E-state index contributed by atoms with van der Waals surface area (Å²) in [4.78, 5) is 10.9. The standard InChI is InChI=1S/C9H6Cl2F2O/c1-4(14)5-2-6(9(12)13)8(11)7(10)3-5/h2-3,9H,1H3. The van der Waals surface area contributed by atoms with E-state index >= 15 is 0 Å². The number of carbonyl (C=O) groups excluding carboxylic acids is 1. The van der Waals surface area contributed by atoms with Crippen LogP contribution in [0.5, 0.6) is 0 Å². The molecule has 1 aromatic carbocycles. The van der Waals surface area contributed by atoms with Crippen molar-refractivity contribution >= 4 is 29.0 Å². The molecule has 0 saturated heterocycles. The molecule has 1 rings (SSSR count). The molecule has 0 bridgehead atoms. The third-order valence-corrected chi connectivity index (χ3v) is 2.51. The van der Waals surface area contributed by atoms with Crippen molar-refractivity contribution in [2.45, 2.75) is 13.3 Å². The Labute approximate surface area is 89.6 Å². The smallest absolute Gasteiger partial charge is 0.265 e. The second-order valence-corrected chi connectivity index (χ2v) is 3.50. The van der Waals surface area contributed by atoms with Crippen molar-refractivity contribution in [1.82, 2.24) is 0 Å². The van der Waals surface area contributed by atoms with Gasteiger partial charge in [-0.05, 0) is 19.1 Å². The normalized spacial score (nSPS) is 10.7. The van der Waals surface area contributed by atoms with E-state index in [9.17, 15) is 13.6 Å². The van der Waals surface area contributed by atoms with Crippen LogP contribution < -0.4 is 0 Å². The average molecular weight is 239 g/mol. The van der Waals surface area contributed by atoms with Gasteiger partial charge in [0.15, 0.2) is 5.78 Å². The van der Waals surface area contributed by atoms with Crippen molar-refractivity contribution < 1.29 is 13.6 Å². The maximum atomic E-state index is 12.4. The number of hydrogen-bond acceptors (Lipinski definition) is 1. The van der Waals surface area contributed by atoms with Gasteiger partial charge in [-0.25, -0.2) is 8.78 Å². The fourth-order valence-electron chi connectivity index (χ4n) is 0.972. The molecule has 1 nitrogen and oxygen atoms in total. The molecule has 0 fully saturated rings. The summed E-state index contributed by atoms with van der Waals surface area (Å²) in [5.41, 5.74) is -0.279. The van der Waals surface area contributed by atoms with Gasteiger partial charge in [-0.3, -0.25) is 4.79 Å². The van der Waals surface area contributed by atoms with Crippen LogP contribution in [-0.4, -0.2) is 5.78 Å². The molecule has 0 radical (unpaired) electrons. The molecule has 0 N–H and O–H groups in total. The van der Waals surface area contributed by atoms with Gasteiger partial charge in [0.1, 0.15) is 0 Å². The first-order valence-corrected chi connectivity index (χ1v) is 4.47. The minimum atomic E-state index is -2.74. The molecule has 0 aliphatic rings. The van der Waals surface area contributed by atoms with Crippen molar-refractivity contribution in [2.24, 2.45) is 0 Å². The van der Waals surface area contributed by atoms with Gasteiger partial charge in [0.2, 0.25) is 0 Å². The Hall–Kier alpha value is -0.670. The number of ketones is 1. The summed E-state index contributed by atoms with van der Waals surface area (Å²) in [6.07, 6.45) is -2.74. The van der Waals surface area contributed by atoms with Crippen molar-refractivity contribution in [3.05, 3.63) is 33.3 Å². The summed E-state index contributed by atoms with van der Waals surface area (Å²) in [5, 5.41) is -0.235. The lowest BCUT2D eigenvalue weighted by molar-refractivity contribution is 0.101. The van der Waals surface area contributed by atoms with E-state index in [1.54, 1.807) is 0 Å². The molecule has 0 unspecified atom stereocenters. The number of hydrogen-bond donors (Lipinski definition) is 0. The van der Waals surface area contributed by atoms with Gasteiger partial charge < -0.3 is 0 Å². The molecule has 0 aromatic heterocycles. The lowest BCUT2D eigenvalue weighted by Crippen LogP contribution is -1.96. The molecular weight excluding hydrogens is 233 g/mol. The first kappa shape index (κ1) is 11.4. The maximum absolute atomic E-state index is 12.4. The van der Waals surface area contributed by atoms with E-state index in [1.165, 1.54) is 13.0 Å². The molecule has 0 heterocycles. The van der Waals surface area contributed by atoms with Gasteiger partial charge in [-0.1, -0.05) is 23.2 Å². The molecule has 0 atom stereocenters. The van der Waals surface area contributed by atoms with Crippen molar-refractivity contribution in [2.75, 3.05) is 0 Å². The zero-order chi connectivity index (χ0) is 10.9. The minimum Gasteiger partial charge on any atom is -0.295 e. The summed E-state index contributed by atoms with van der Waals surface area (Å²) in [5.74, 6) is -0.328. The average Bonchev–Trinajstić information content (AvgIpc) is 2.08. The molecule has 0 aliphatic carbocycles. The van der Waals surface area contributed by atoms with E-state index in [2.05, 4.69) is 0 Å². The summed E-state index contributed by atoms with van der Waals surface area (Å²) in [6.45, 7) is 1.27. The first-order chi connectivity index (χ1) is 6.43. The second-order valence-electron chi connectivity index (χ2n) is 2.72. The molecule has 0 aliphatic heterocycles. The monoisotopic (exact) mass is 238 g/mol. The van der Waals surface area contributed by atoms with Crippen LogP contribution in [0.15, 0.2) is 12.1 Å². The zero-order valence-corrected chi connectivity index (χ0v) is 8.66. The molecule has 0 amide bonds. The van der Waals surface area contributed by atoms with Crippen molar-refractivity contribution in [1.29, 1.82) is 0 Å². The second kappa shape index (κ2) is 4.24. The Morgan fingerprint density at radius 2 is 1.93 bits per heavy atom. The van der Waals surface area contributed by atoms with Crippen LogP contribution in [0.1, 0.15) is 29.3 Å². The third-order valence-electron chi connectivity index (χ3n) is 1.70. The number of carbonyl (C=O) groups is 1. The van der Waals surface area contributed by atoms with Crippen molar-refractivity contribution in [3.63, 3.8) is 0 Å². The highest BCUT2D eigenvalue weighted by Gasteiger charge is 2.17. The van der Waals surface area contributed by atoms with Gasteiger partial charge in [0, 0.05) is 11.1 Å². The van der Waals surface area contributed by atoms with Crippen LogP contribution in [0.25, 0.3) is 0 Å². The molecule has 14 heavy (non-hydrogen) atoms. The third kappa shape index (κ3) is 2.22. The maximum Gasteiger partial charge on any atom is 0.265 e. The van der Waals surface area contributed by atoms with Crippen LogP contribution in [0.4, 0.5) is 8.78 Å². The SMILES string of the molecule is CC(=O)c1cc(Cl)c(Cl)c(C(F)F)c1. The van der Waals surface area contributed by atoms with Gasteiger partial charge in [0.05, 0.1) is 10.0 Å². The van der Waals surface area contributed by atoms with Crippen LogP contribution in [0.3, 0.4) is 0 Å². The highest BCUT2D eigenvalue weighted by Crippen LogP contribution is 2.33. The first-order valence-electron chi connectivity index (χ1n) is 3.71. The highest BCUT2D eigenvalue weighted by atomic mass is 35.5. The number of Topliss-reactive ketones (excluding diaryl/α,β-unsaturated/α-hetero) is 1. The van der Waals surface area contributed by atoms with Gasteiger partial charge >= 0.3 is 0 Å². The zero-order valence-electron chi connectivity index (χ0n) is 7.15. The van der Waals surface area contributed by atoms with E-state index in [-0.39, 0.29) is 21.4 Å². The van der Waals surface area contributed by atoms with E-state index in [4.69, 9.17) is 23.2 Å². The molecule has 5 heteroatoms. The van der Waals surface area contributed by atoms with Crippen molar-refractivity contribution in [3.8, 4) is 0 Å². The van der Waals surface area contributed by atoms with Crippen LogP contribution in [-0.2, 0) is 0 Å². The fourth-order valence-corrected chi connectivity index (χ4v) is 1.39. The highest BCUT2D eigenvalue weighted by molar-refractivity contribution is 6.42. The quantitative estimate of drug-likeness (QED) is 0.709. The topological polar surface area (TPSA) is 17.1 Å². The van der Waals surface area contributed by atoms with Gasteiger partial charge in [-0.15, -0.1) is 0 Å². The van der Waals surface area contributed by atoms with Crippen LogP contribution >= 0.6 is 23.2 Å². The predicted molar refractivity (Wildman–Crippen MR) is 51.4 cm³/mol. The van der Waals surface area contributed by atoms with E-state index in [0.717, 1.165) is 6.07 Å². The van der Waals surface area contributed by atoms with E-state index in [0.29, 0.717) is 0 Å². The Morgan fingerprint density at radius 3 is 2.36 bits per heavy atom. The Kier molecular flexibility index (Phi) is 3.45. The summed E-state index contributed by atoms with van der Waals surface area (Å²) < 4.78 is 24.8. The van der Waals surface area contributed by atoms with Crippen LogP contribution in [0, 0.1) is 0 Å². The lowest BCUT2D eigenvalue weighted by atomic mass is 10.1. The number of halogens is 4. The van der Waals surface area contributed by atoms with E-state index < -0.39 is 12.0 Å². The molecule has 1 aromatic rings. The number of rotatable bonds is 2. The van der Waals surface area contributed by atoms with E-state index in [1.807, 2.05) is 0 Å². The summed E-state index contributed by atoms with van der Waals surface area (Å²) in [6, 6.07) is 2.33.